The second-order valence-corrected chi connectivity index (χ2v) is 3.87. The zero-order chi connectivity index (χ0) is 13.1. The minimum atomic E-state index is 0.360. The second kappa shape index (κ2) is 9.66. The lowest BCUT2D eigenvalue weighted by atomic mass is 10.3. The third-order valence-electron chi connectivity index (χ3n) is 2.40. The Hall–Kier alpha value is -1.35. The molecule has 0 amide bonds. The van der Waals surface area contributed by atoms with Crippen LogP contribution in [0.2, 0.25) is 0 Å². The van der Waals surface area contributed by atoms with E-state index in [9.17, 15) is 0 Å². The molecule has 1 aromatic heterocycles. The molecule has 0 bridgehead atoms. The molecule has 0 saturated carbocycles. The lowest BCUT2D eigenvalue weighted by Crippen LogP contribution is -2.15. The Morgan fingerprint density at radius 3 is 2.89 bits per heavy atom. The van der Waals surface area contributed by atoms with Crippen molar-refractivity contribution in [2.24, 2.45) is 0 Å². The van der Waals surface area contributed by atoms with Crippen molar-refractivity contribution < 1.29 is 13.9 Å². The first kappa shape index (κ1) is 14.7. The largest absolute Gasteiger partial charge is 0.449 e. The molecule has 0 unspecified atom stereocenters. The molecule has 1 rings (SSSR count). The van der Waals surface area contributed by atoms with Gasteiger partial charge in [-0.3, -0.25) is 0 Å². The Kier molecular flexibility index (Phi) is 7.89. The van der Waals surface area contributed by atoms with Crippen LogP contribution in [0.1, 0.15) is 24.4 Å². The number of furan rings is 1. The van der Waals surface area contributed by atoms with Gasteiger partial charge in [0.05, 0.1) is 19.8 Å². The van der Waals surface area contributed by atoms with Gasteiger partial charge in [-0.05, 0) is 31.5 Å². The quantitative estimate of drug-likeness (QED) is 0.642. The van der Waals surface area contributed by atoms with Crippen LogP contribution in [-0.4, -0.2) is 33.5 Å². The molecule has 100 valence electrons. The molecule has 18 heavy (non-hydrogen) atoms. The molecule has 0 fully saturated rings. The summed E-state index contributed by atoms with van der Waals surface area (Å²) in [5, 5.41) is 11.9. The van der Waals surface area contributed by atoms with Gasteiger partial charge in [-0.15, -0.1) is 0 Å². The number of nitrogens with one attached hydrogen (secondary N) is 1. The van der Waals surface area contributed by atoms with Gasteiger partial charge in [-0.25, -0.2) is 0 Å². The molecule has 5 heteroatoms. The molecule has 0 atom stereocenters. The zero-order valence-corrected chi connectivity index (χ0v) is 10.8. The first-order valence-corrected chi connectivity index (χ1v) is 6.13. The Bertz CT molecular complexity index is 357. The van der Waals surface area contributed by atoms with Crippen LogP contribution in [0.4, 0.5) is 0 Å². The predicted octanol–water partition coefficient (Wildman–Crippen LogP) is 1.68. The molecular weight excluding hydrogens is 232 g/mol. The first-order valence-electron chi connectivity index (χ1n) is 6.13. The van der Waals surface area contributed by atoms with E-state index in [1.54, 1.807) is 13.2 Å². The van der Waals surface area contributed by atoms with Crippen LogP contribution in [0.25, 0.3) is 0 Å². The summed E-state index contributed by atoms with van der Waals surface area (Å²) >= 11 is 0. The Balaban J connectivity index is 1.91. The van der Waals surface area contributed by atoms with Crippen molar-refractivity contribution in [3.05, 3.63) is 23.7 Å². The molecule has 0 aliphatic rings. The summed E-state index contributed by atoms with van der Waals surface area (Å²) in [6.45, 7) is 3.65. The van der Waals surface area contributed by atoms with E-state index < -0.39 is 0 Å². The Morgan fingerprint density at radius 1 is 1.28 bits per heavy atom. The fourth-order valence-corrected chi connectivity index (χ4v) is 1.44. The molecule has 1 N–H and O–H groups in total. The summed E-state index contributed by atoms with van der Waals surface area (Å²) in [6.07, 6.45) is 2.08. The Morgan fingerprint density at radius 2 is 2.17 bits per heavy atom. The standard InChI is InChI=1S/C13H20N2O3/c1-16-8-9-17-7-3-2-6-15-11-13-5-4-12(10-14)18-13/h4-5,15H,2-3,6-9,11H2,1H3. The molecule has 0 saturated heterocycles. The lowest BCUT2D eigenvalue weighted by molar-refractivity contribution is 0.0688. The van der Waals surface area contributed by atoms with Crippen LogP contribution < -0.4 is 5.32 Å². The lowest BCUT2D eigenvalue weighted by Gasteiger charge is -2.04. The maximum atomic E-state index is 8.59. The number of ether oxygens (including phenoxy) is 2. The van der Waals surface area contributed by atoms with E-state index in [4.69, 9.17) is 19.2 Å². The summed E-state index contributed by atoms with van der Waals surface area (Å²) < 4.78 is 15.5. The van der Waals surface area contributed by atoms with Crippen LogP contribution in [-0.2, 0) is 16.0 Å². The van der Waals surface area contributed by atoms with Gasteiger partial charge in [-0.2, -0.15) is 5.26 Å². The number of nitrogens with zero attached hydrogens (tertiary/aromatic N) is 1. The minimum absolute atomic E-state index is 0.360. The number of hydrogen-bond acceptors (Lipinski definition) is 5. The van der Waals surface area contributed by atoms with Crippen molar-refractivity contribution in [3.8, 4) is 6.07 Å². The summed E-state index contributed by atoms with van der Waals surface area (Å²) in [5.41, 5.74) is 0. The highest BCUT2D eigenvalue weighted by molar-refractivity contribution is 5.18. The maximum absolute atomic E-state index is 8.59. The van der Waals surface area contributed by atoms with E-state index in [-0.39, 0.29) is 0 Å². The summed E-state index contributed by atoms with van der Waals surface area (Å²) in [4.78, 5) is 0. The number of nitriles is 1. The Labute approximate surface area is 108 Å². The molecule has 5 nitrogen and oxygen atoms in total. The van der Waals surface area contributed by atoms with Crippen molar-refractivity contribution in [2.75, 3.05) is 33.5 Å². The number of rotatable bonds is 10. The zero-order valence-electron chi connectivity index (χ0n) is 10.8. The summed E-state index contributed by atoms with van der Waals surface area (Å²) in [5.74, 6) is 1.15. The van der Waals surface area contributed by atoms with Gasteiger partial charge in [0.2, 0.25) is 5.76 Å². The van der Waals surface area contributed by atoms with Gasteiger partial charge in [0.25, 0.3) is 0 Å². The van der Waals surface area contributed by atoms with Crippen LogP contribution in [0.3, 0.4) is 0 Å². The minimum Gasteiger partial charge on any atom is -0.449 e. The van der Waals surface area contributed by atoms with E-state index in [1.807, 2.05) is 12.1 Å². The normalized spacial score (nSPS) is 10.4. The van der Waals surface area contributed by atoms with Crippen molar-refractivity contribution in [1.82, 2.24) is 5.32 Å². The molecular formula is C13H20N2O3. The molecule has 1 aromatic rings. The van der Waals surface area contributed by atoms with Gasteiger partial charge in [0.15, 0.2) is 0 Å². The maximum Gasteiger partial charge on any atom is 0.203 e. The highest BCUT2D eigenvalue weighted by atomic mass is 16.5. The van der Waals surface area contributed by atoms with Gasteiger partial charge < -0.3 is 19.2 Å². The van der Waals surface area contributed by atoms with Gasteiger partial charge in [0.1, 0.15) is 11.8 Å². The van der Waals surface area contributed by atoms with Crippen LogP contribution in [0.5, 0.6) is 0 Å². The number of methoxy groups -OCH3 is 1. The number of hydrogen-bond donors (Lipinski definition) is 1. The smallest absolute Gasteiger partial charge is 0.203 e. The highest BCUT2D eigenvalue weighted by Gasteiger charge is 1.99. The van der Waals surface area contributed by atoms with E-state index in [0.29, 0.717) is 25.5 Å². The van der Waals surface area contributed by atoms with Crippen LogP contribution in [0.15, 0.2) is 16.5 Å². The van der Waals surface area contributed by atoms with Crippen molar-refractivity contribution in [2.45, 2.75) is 19.4 Å². The molecule has 0 aliphatic carbocycles. The molecule has 0 radical (unpaired) electrons. The van der Waals surface area contributed by atoms with Crippen LogP contribution in [0, 0.1) is 11.3 Å². The second-order valence-electron chi connectivity index (χ2n) is 3.87. The van der Waals surface area contributed by atoms with Crippen molar-refractivity contribution >= 4 is 0 Å². The topological polar surface area (TPSA) is 67.4 Å². The van der Waals surface area contributed by atoms with Crippen molar-refractivity contribution in [1.29, 1.82) is 5.26 Å². The monoisotopic (exact) mass is 252 g/mol. The SMILES string of the molecule is COCCOCCCCNCc1ccc(C#N)o1. The average molecular weight is 252 g/mol. The van der Waals surface area contributed by atoms with Gasteiger partial charge in [-0.1, -0.05) is 0 Å². The molecule has 0 spiro atoms. The first-order chi connectivity index (χ1) is 8.86. The highest BCUT2D eigenvalue weighted by Crippen LogP contribution is 2.05. The number of unbranched alkanes of at least 4 members (excludes halogenated alkanes) is 1. The summed E-state index contributed by atoms with van der Waals surface area (Å²) in [6, 6.07) is 5.46. The molecule has 0 aromatic carbocycles. The van der Waals surface area contributed by atoms with E-state index in [0.717, 1.165) is 31.8 Å². The van der Waals surface area contributed by atoms with E-state index >= 15 is 0 Å². The predicted molar refractivity (Wildman–Crippen MR) is 67.1 cm³/mol. The van der Waals surface area contributed by atoms with E-state index in [2.05, 4.69) is 5.32 Å². The average Bonchev–Trinajstić information content (AvgIpc) is 2.85. The van der Waals surface area contributed by atoms with Crippen molar-refractivity contribution in [3.63, 3.8) is 0 Å². The third-order valence-corrected chi connectivity index (χ3v) is 2.40. The summed E-state index contributed by atoms with van der Waals surface area (Å²) in [7, 11) is 1.67. The molecule has 1 heterocycles. The van der Waals surface area contributed by atoms with Crippen LogP contribution >= 0.6 is 0 Å². The van der Waals surface area contributed by atoms with E-state index in [1.165, 1.54) is 0 Å². The fraction of sp³-hybridized carbons (Fsp3) is 0.615. The van der Waals surface area contributed by atoms with Gasteiger partial charge in [0, 0.05) is 13.7 Å². The third kappa shape index (κ3) is 6.40. The molecule has 0 aliphatic heterocycles. The fourth-order valence-electron chi connectivity index (χ4n) is 1.44. The van der Waals surface area contributed by atoms with Gasteiger partial charge >= 0.3 is 0 Å².